The fraction of sp³-hybridized carbons (Fsp3) is 0.300. The summed E-state index contributed by atoms with van der Waals surface area (Å²) in [5.74, 6) is -1.66. The molecular weight excluding hydrogens is 592 g/mol. The number of hydrogen-bond acceptors (Lipinski definition) is 7. The summed E-state index contributed by atoms with van der Waals surface area (Å²) >= 11 is 1.21. The minimum absolute atomic E-state index is 0.0646. The van der Waals surface area contributed by atoms with Crippen molar-refractivity contribution in [1.29, 1.82) is 0 Å². The maximum Gasteiger partial charge on any atom is 0.407 e. The molecule has 44 heavy (non-hydrogen) atoms. The second kappa shape index (κ2) is 11.0. The summed E-state index contributed by atoms with van der Waals surface area (Å²) in [5, 5.41) is 14.0. The van der Waals surface area contributed by atoms with E-state index in [4.69, 9.17) is 0 Å². The van der Waals surface area contributed by atoms with Crippen LogP contribution in [0.3, 0.4) is 0 Å². The van der Waals surface area contributed by atoms with E-state index in [1.165, 1.54) is 39.7 Å². The van der Waals surface area contributed by atoms with Gasteiger partial charge in [0.1, 0.15) is 12.0 Å². The van der Waals surface area contributed by atoms with Crippen molar-refractivity contribution in [3.8, 4) is 11.1 Å². The molecule has 1 saturated heterocycles. The summed E-state index contributed by atoms with van der Waals surface area (Å²) in [6, 6.07) is 9.24. The van der Waals surface area contributed by atoms with Gasteiger partial charge in [0.05, 0.1) is 25.1 Å². The third kappa shape index (κ3) is 4.94. The molecule has 5 heterocycles. The number of thiazole rings is 1. The van der Waals surface area contributed by atoms with Gasteiger partial charge < -0.3 is 24.4 Å². The molecule has 0 radical (unpaired) electrons. The van der Waals surface area contributed by atoms with Gasteiger partial charge in [0.25, 0.3) is 11.8 Å². The van der Waals surface area contributed by atoms with Crippen LogP contribution in [0.4, 0.5) is 24.4 Å². The number of alkyl halides is 1. The predicted molar refractivity (Wildman–Crippen MR) is 158 cm³/mol. The van der Waals surface area contributed by atoms with Gasteiger partial charge in [-0.05, 0) is 35.4 Å². The van der Waals surface area contributed by atoms with Crippen LogP contribution in [0.15, 0.2) is 54.3 Å². The van der Waals surface area contributed by atoms with E-state index in [0.29, 0.717) is 48.1 Å². The summed E-state index contributed by atoms with van der Waals surface area (Å²) in [6.45, 7) is 1.91. The lowest BCUT2D eigenvalue weighted by molar-refractivity contribution is -0.121. The van der Waals surface area contributed by atoms with Crippen molar-refractivity contribution in [2.45, 2.75) is 31.7 Å². The Hall–Kier alpha value is -4.85. The number of fused-ring (bicyclic) bond motifs is 2. The molecular formula is C30H27F2N7O4S. The second-order valence-corrected chi connectivity index (χ2v) is 11.9. The molecule has 3 aliphatic heterocycles. The number of piperazine rings is 1. The molecule has 2 N–H and O–H groups in total. The van der Waals surface area contributed by atoms with Gasteiger partial charge in [-0.3, -0.25) is 14.9 Å². The topological polar surface area (TPSA) is 124 Å². The Morgan fingerprint density at radius 2 is 1.84 bits per heavy atom. The quantitative estimate of drug-likeness (QED) is 0.332. The number of nitrogens with zero attached hydrogens (tertiary/aromatic N) is 6. The van der Waals surface area contributed by atoms with Crippen LogP contribution in [0.1, 0.15) is 33.4 Å². The number of rotatable bonds is 6. The Kier molecular flexibility index (Phi) is 6.99. The average Bonchev–Trinajstić information content (AvgIpc) is 3.81. The number of amides is 3. The minimum Gasteiger partial charge on any atom is -0.465 e. The van der Waals surface area contributed by atoms with Gasteiger partial charge in [-0.1, -0.05) is 12.1 Å². The first-order valence-electron chi connectivity index (χ1n) is 14.1. The van der Waals surface area contributed by atoms with E-state index in [1.807, 2.05) is 24.3 Å². The number of imidazole rings is 1. The van der Waals surface area contributed by atoms with E-state index < -0.39 is 35.9 Å². The molecule has 14 heteroatoms. The zero-order chi connectivity index (χ0) is 30.5. The summed E-state index contributed by atoms with van der Waals surface area (Å²) in [5.41, 5.74) is 3.25. The molecule has 11 nitrogen and oxygen atoms in total. The summed E-state index contributed by atoms with van der Waals surface area (Å²) in [7, 11) is 0. The van der Waals surface area contributed by atoms with Crippen LogP contribution in [0.25, 0.3) is 11.1 Å². The number of aromatic nitrogens is 3. The molecule has 4 aromatic rings. The van der Waals surface area contributed by atoms with Crippen molar-refractivity contribution in [3.63, 3.8) is 0 Å². The fourth-order valence-electron chi connectivity index (χ4n) is 6.17. The molecule has 1 fully saturated rings. The van der Waals surface area contributed by atoms with Gasteiger partial charge in [0, 0.05) is 66.7 Å². The Labute approximate surface area is 254 Å². The number of anilines is 2. The van der Waals surface area contributed by atoms with Crippen molar-refractivity contribution >= 4 is 40.1 Å². The lowest BCUT2D eigenvalue weighted by Gasteiger charge is -2.34. The number of nitrogens with one attached hydrogen (secondary N) is 1. The van der Waals surface area contributed by atoms with Gasteiger partial charge in [0.2, 0.25) is 0 Å². The Balaban J connectivity index is 1.16. The van der Waals surface area contributed by atoms with Crippen LogP contribution in [0.2, 0.25) is 0 Å². The number of carboxylic acid groups (broad SMARTS) is 1. The molecule has 0 spiro atoms. The third-order valence-corrected chi connectivity index (χ3v) is 9.09. The van der Waals surface area contributed by atoms with E-state index in [1.54, 1.807) is 16.0 Å². The smallest absolute Gasteiger partial charge is 0.407 e. The SMILES string of the molecule is O=C(Nc1nccs1)C(c1ncn2c1C[C@@H](F)C2)N1Cc2c(F)cc(-c3ccc(N4CCN(C(=O)O)CC4)cc3)cc2C1=O. The van der Waals surface area contributed by atoms with Crippen molar-refractivity contribution in [2.24, 2.45) is 0 Å². The maximum absolute atomic E-state index is 15.6. The standard InChI is InChI=1S/C30H27F2N7O4S/c31-19-13-24-25(34-16-38(24)14-19)26(27(40)35-29-33-5-10-44-29)39-15-22-21(28(39)41)11-18(12-23(22)32)17-1-3-20(4-2-17)36-6-8-37(9-7-36)30(42)43/h1-5,10-12,16,19,26H,6-9,13-15H2,(H,42,43)(H,33,35,40)/t19-,26?/m1/s1. The summed E-state index contributed by atoms with van der Waals surface area (Å²) in [6.07, 6.45) is 1.02. The lowest BCUT2D eigenvalue weighted by atomic mass is 9.99. The largest absolute Gasteiger partial charge is 0.465 e. The minimum atomic E-state index is -1.22. The van der Waals surface area contributed by atoms with Crippen LogP contribution >= 0.6 is 11.3 Å². The Morgan fingerprint density at radius 3 is 2.55 bits per heavy atom. The maximum atomic E-state index is 15.6. The van der Waals surface area contributed by atoms with Crippen molar-refractivity contribution in [1.82, 2.24) is 24.3 Å². The molecule has 0 aliphatic carbocycles. The number of carbonyl (C=O) groups excluding carboxylic acids is 2. The normalized spacial score (nSPS) is 18.4. The van der Waals surface area contributed by atoms with Gasteiger partial charge in [-0.25, -0.2) is 23.5 Å². The van der Waals surface area contributed by atoms with Crippen LogP contribution in [-0.2, 0) is 24.3 Å². The van der Waals surface area contributed by atoms with Crippen LogP contribution in [0, 0.1) is 5.82 Å². The molecule has 0 saturated carbocycles. The first-order valence-corrected chi connectivity index (χ1v) is 15.0. The van der Waals surface area contributed by atoms with E-state index >= 15 is 4.39 Å². The summed E-state index contributed by atoms with van der Waals surface area (Å²) in [4.78, 5) is 52.0. The van der Waals surface area contributed by atoms with Gasteiger partial charge >= 0.3 is 6.09 Å². The highest BCUT2D eigenvalue weighted by molar-refractivity contribution is 7.13. The van der Waals surface area contributed by atoms with Crippen LogP contribution < -0.4 is 10.2 Å². The molecule has 226 valence electrons. The zero-order valence-corrected chi connectivity index (χ0v) is 24.1. The number of halogens is 2. The van der Waals surface area contributed by atoms with Crippen molar-refractivity contribution < 1.29 is 28.3 Å². The Morgan fingerprint density at radius 1 is 1.07 bits per heavy atom. The van der Waals surface area contributed by atoms with E-state index in [0.717, 1.165) is 5.69 Å². The molecule has 0 bridgehead atoms. The van der Waals surface area contributed by atoms with E-state index in [2.05, 4.69) is 20.2 Å². The highest BCUT2D eigenvalue weighted by atomic mass is 32.1. The third-order valence-electron chi connectivity index (χ3n) is 8.40. The van der Waals surface area contributed by atoms with Gasteiger partial charge in [-0.15, -0.1) is 11.3 Å². The van der Waals surface area contributed by atoms with Crippen molar-refractivity contribution in [2.75, 3.05) is 36.4 Å². The Bertz CT molecular complexity index is 1750. The molecule has 7 rings (SSSR count). The molecule has 3 amide bonds. The molecule has 2 atom stereocenters. The van der Waals surface area contributed by atoms with E-state index in [9.17, 15) is 23.9 Å². The number of hydrogen-bond donors (Lipinski definition) is 2. The van der Waals surface area contributed by atoms with Crippen molar-refractivity contribution in [3.05, 3.63) is 82.6 Å². The predicted octanol–water partition coefficient (Wildman–Crippen LogP) is 4.18. The average molecular weight is 620 g/mol. The monoisotopic (exact) mass is 619 g/mol. The molecule has 3 aliphatic rings. The van der Waals surface area contributed by atoms with Crippen LogP contribution in [-0.4, -0.2) is 79.7 Å². The van der Waals surface area contributed by atoms with Gasteiger partial charge in [0.15, 0.2) is 11.2 Å². The van der Waals surface area contributed by atoms with Crippen LogP contribution in [0.5, 0.6) is 0 Å². The van der Waals surface area contributed by atoms with E-state index in [-0.39, 0.29) is 36.3 Å². The highest BCUT2D eigenvalue weighted by Gasteiger charge is 2.42. The zero-order valence-electron chi connectivity index (χ0n) is 23.3. The summed E-state index contributed by atoms with van der Waals surface area (Å²) < 4.78 is 31.6. The molecule has 2 aromatic carbocycles. The van der Waals surface area contributed by atoms with Gasteiger partial charge in [-0.2, -0.15) is 0 Å². The lowest BCUT2D eigenvalue weighted by Crippen LogP contribution is -2.48. The fourth-order valence-corrected chi connectivity index (χ4v) is 6.70. The second-order valence-electron chi connectivity index (χ2n) is 11.0. The molecule has 1 unspecified atom stereocenters. The highest BCUT2D eigenvalue weighted by Crippen LogP contribution is 2.38. The molecule has 2 aromatic heterocycles. The number of benzene rings is 2. The first kappa shape index (κ1) is 28.0. The number of carbonyl (C=O) groups is 3. The first-order chi connectivity index (χ1) is 21.3.